The molecule has 1 N–H and O–H groups in total. The molecule has 1 aliphatic rings. The summed E-state index contributed by atoms with van der Waals surface area (Å²) in [6.45, 7) is 0.364. The summed E-state index contributed by atoms with van der Waals surface area (Å²) in [5.74, 6) is 5.95. The Morgan fingerprint density at radius 2 is 1.87 bits per heavy atom. The Kier molecular flexibility index (Phi) is 5.59. The SMILES string of the molecule is COc1cccc(CC#Cc2cc3n(c2)CN(C(=O)c2ccc(C(=O)O)cc2)C=C3)c1. The molecular weight excluding hydrogens is 392 g/mol. The lowest BCUT2D eigenvalue weighted by Crippen LogP contribution is -2.30. The van der Waals surface area contributed by atoms with E-state index in [1.807, 2.05) is 47.2 Å². The molecule has 3 aromatic rings. The standard InChI is InChI=1S/C25H20N2O4/c1-31-23-7-3-5-18(15-23)4-2-6-19-14-22-12-13-26(17-27(22)16-19)24(28)20-8-10-21(11-9-20)25(29)30/h3,5,7-16H,4,17H2,1H3,(H,29,30). The lowest BCUT2D eigenvalue weighted by molar-refractivity contribution is 0.0695. The molecule has 2 aromatic carbocycles. The third-order valence-electron chi connectivity index (χ3n) is 4.96. The maximum Gasteiger partial charge on any atom is 0.335 e. The number of carboxylic acid groups (broad SMARTS) is 1. The minimum Gasteiger partial charge on any atom is -0.497 e. The summed E-state index contributed by atoms with van der Waals surface area (Å²) in [4.78, 5) is 25.3. The Morgan fingerprint density at radius 1 is 1.10 bits per heavy atom. The molecule has 2 heterocycles. The molecule has 1 aromatic heterocycles. The summed E-state index contributed by atoms with van der Waals surface area (Å²) in [5, 5.41) is 9.00. The third-order valence-corrected chi connectivity index (χ3v) is 4.96. The van der Waals surface area contributed by atoms with E-state index < -0.39 is 5.97 Å². The van der Waals surface area contributed by atoms with Crippen molar-refractivity contribution < 1.29 is 19.4 Å². The van der Waals surface area contributed by atoms with Crippen molar-refractivity contribution in [1.29, 1.82) is 0 Å². The number of methoxy groups -OCH3 is 1. The number of carbonyl (C=O) groups is 2. The van der Waals surface area contributed by atoms with Crippen LogP contribution in [0.3, 0.4) is 0 Å². The van der Waals surface area contributed by atoms with Crippen molar-refractivity contribution in [2.45, 2.75) is 13.1 Å². The Hall–Kier alpha value is -4.24. The number of nitrogens with zero attached hydrogens (tertiary/aromatic N) is 2. The van der Waals surface area contributed by atoms with Crippen LogP contribution in [0.4, 0.5) is 0 Å². The number of hydrogen-bond acceptors (Lipinski definition) is 3. The second-order valence-corrected chi connectivity index (χ2v) is 7.07. The predicted molar refractivity (Wildman–Crippen MR) is 117 cm³/mol. The van der Waals surface area contributed by atoms with Gasteiger partial charge >= 0.3 is 5.97 Å². The fraction of sp³-hybridized carbons (Fsp3) is 0.120. The molecule has 31 heavy (non-hydrogen) atoms. The quantitative estimate of drug-likeness (QED) is 0.661. The van der Waals surface area contributed by atoms with Gasteiger partial charge in [0, 0.05) is 35.6 Å². The van der Waals surface area contributed by atoms with Gasteiger partial charge in [0.2, 0.25) is 0 Å². The number of hydrogen-bond donors (Lipinski definition) is 1. The number of carboxylic acids is 1. The Labute approximate surface area is 180 Å². The Bertz CT molecular complexity index is 1230. The predicted octanol–water partition coefficient (Wildman–Crippen LogP) is 3.87. The highest BCUT2D eigenvalue weighted by Crippen LogP contribution is 2.19. The highest BCUT2D eigenvalue weighted by molar-refractivity contribution is 5.96. The Morgan fingerprint density at radius 3 is 2.61 bits per heavy atom. The zero-order valence-corrected chi connectivity index (χ0v) is 16.9. The van der Waals surface area contributed by atoms with Gasteiger partial charge in [-0.05, 0) is 54.1 Å². The number of amides is 1. The summed E-state index contributed by atoms with van der Waals surface area (Å²) in [5.41, 5.74) is 3.51. The van der Waals surface area contributed by atoms with Crippen LogP contribution in [0.2, 0.25) is 0 Å². The summed E-state index contributed by atoms with van der Waals surface area (Å²) in [6, 6.07) is 15.7. The van der Waals surface area contributed by atoms with Crippen molar-refractivity contribution in [3.05, 3.63) is 94.9 Å². The van der Waals surface area contributed by atoms with Gasteiger partial charge in [-0.25, -0.2) is 4.79 Å². The number of rotatable bonds is 4. The van der Waals surface area contributed by atoms with Gasteiger partial charge in [0.15, 0.2) is 0 Å². The van der Waals surface area contributed by atoms with Crippen molar-refractivity contribution in [3.8, 4) is 17.6 Å². The highest BCUT2D eigenvalue weighted by Gasteiger charge is 2.18. The van der Waals surface area contributed by atoms with E-state index in [9.17, 15) is 9.59 Å². The topological polar surface area (TPSA) is 71.8 Å². The molecule has 6 nitrogen and oxygen atoms in total. The number of aromatic nitrogens is 1. The van der Waals surface area contributed by atoms with Crippen LogP contribution < -0.4 is 4.74 Å². The van der Waals surface area contributed by atoms with Gasteiger partial charge in [0.1, 0.15) is 12.4 Å². The first kappa shape index (κ1) is 20.0. The van der Waals surface area contributed by atoms with Crippen molar-refractivity contribution in [2.24, 2.45) is 0 Å². The first-order valence-corrected chi connectivity index (χ1v) is 9.68. The van der Waals surface area contributed by atoms with E-state index in [1.165, 1.54) is 24.3 Å². The first-order chi connectivity index (χ1) is 15.0. The molecule has 1 aliphatic heterocycles. The molecule has 1 amide bonds. The van der Waals surface area contributed by atoms with Gasteiger partial charge in [0.05, 0.1) is 12.7 Å². The molecule has 0 bridgehead atoms. The molecule has 0 saturated heterocycles. The van der Waals surface area contributed by atoms with Crippen LogP contribution in [0.5, 0.6) is 5.75 Å². The first-order valence-electron chi connectivity index (χ1n) is 9.68. The van der Waals surface area contributed by atoms with Crippen LogP contribution in [0, 0.1) is 11.8 Å². The zero-order chi connectivity index (χ0) is 21.8. The fourth-order valence-electron chi connectivity index (χ4n) is 3.32. The van der Waals surface area contributed by atoms with Crippen LogP contribution in [0.15, 0.2) is 67.0 Å². The number of ether oxygens (including phenoxy) is 1. The van der Waals surface area contributed by atoms with Gasteiger partial charge in [0.25, 0.3) is 5.91 Å². The summed E-state index contributed by atoms with van der Waals surface area (Å²) in [6.07, 6.45) is 6.13. The number of fused-ring (bicyclic) bond motifs is 1. The fourth-order valence-corrected chi connectivity index (χ4v) is 3.32. The lowest BCUT2D eigenvalue weighted by Gasteiger charge is -2.23. The van der Waals surface area contributed by atoms with E-state index >= 15 is 0 Å². The number of carbonyl (C=O) groups excluding carboxylic acids is 1. The highest BCUT2D eigenvalue weighted by atomic mass is 16.5. The summed E-state index contributed by atoms with van der Waals surface area (Å²) >= 11 is 0. The zero-order valence-electron chi connectivity index (χ0n) is 16.9. The van der Waals surface area contributed by atoms with Crippen LogP contribution in [0.25, 0.3) is 6.08 Å². The molecule has 154 valence electrons. The van der Waals surface area contributed by atoms with E-state index in [2.05, 4.69) is 11.8 Å². The van der Waals surface area contributed by atoms with Crippen LogP contribution in [-0.4, -0.2) is 33.6 Å². The average Bonchev–Trinajstić information content (AvgIpc) is 3.20. The number of benzene rings is 2. The van der Waals surface area contributed by atoms with E-state index in [4.69, 9.17) is 9.84 Å². The van der Waals surface area contributed by atoms with Gasteiger partial charge in [-0.3, -0.25) is 9.69 Å². The molecule has 6 heteroatoms. The maximum atomic E-state index is 12.8. The summed E-state index contributed by atoms with van der Waals surface area (Å²) in [7, 11) is 1.64. The molecule has 0 atom stereocenters. The average molecular weight is 412 g/mol. The van der Waals surface area contributed by atoms with Crippen LogP contribution in [0.1, 0.15) is 37.5 Å². The van der Waals surface area contributed by atoms with E-state index in [0.29, 0.717) is 18.7 Å². The minimum atomic E-state index is -1.02. The van der Waals surface area contributed by atoms with Gasteiger partial charge in [-0.15, -0.1) is 0 Å². The molecule has 0 aliphatic carbocycles. The van der Waals surface area contributed by atoms with E-state index in [1.54, 1.807) is 18.2 Å². The van der Waals surface area contributed by atoms with Crippen molar-refractivity contribution in [1.82, 2.24) is 9.47 Å². The van der Waals surface area contributed by atoms with Crippen molar-refractivity contribution >= 4 is 18.0 Å². The second kappa shape index (κ2) is 8.64. The lowest BCUT2D eigenvalue weighted by atomic mass is 10.1. The summed E-state index contributed by atoms with van der Waals surface area (Å²) < 4.78 is 7.19. The number of aromatic carboxylic acids is 1. The molecular formula is C25H20N2O4. The molecule has 0 spiro atoms. The monoisotopic (exact) mass is 412 g/mol. The van der Waals surface area contributed by atoms with Crippen LogP contribution >= 0.6 is 0 Å². The van der Waals surface area contributed by atoms with Gasteiger partial charge < -0.3 is 14.4 Å². The van der Waals surface area contributed by atoms with Crippen molar-refractivity contribution in [3.63, 3.8) is 0 Å². The molecule has 0 fully saturated rings. The molecule has 0 saturated carbocycles. The van der Waals surface area contributed by atoms with Crippen molar-refractivity contribution in [2.75, 3.05) is 7.11 Å². The Balaban J connectivity index is 1.44. The molecule has 4 rings (SSSR count). The van der Waals surface area contributed by atoms with Crippen LogP contribution in [-0.2, 0) is 13.1 Å². The van der Waals surface area contributed by atoms with Gasteiger partial charge in [-0.2, -0.15) is 0 Å². The maximum absolute atomic E-state index is 12.8. The normalized spacial score (nSPS) is 12.0. The largest absolute Gasteiger partial charge is 0.497 e. The minimum absolute atomic E-state index is 0.149. The van der Waals surface area contributed by atoms with E-state index in [0.717, 1.165) is 22.6 Å². The van der Waals surface area contributed by atoms with E-state index in [-0.39, 0.29) is 11.5 Å². The third kappa shape index (κ3) is 4.51. The second-order valence-electron chi connectivity index (χ2n) is 7.07. The smallest absolute Gasteiger partial charge is 0.335 e. The molecule has 0 radical (unpaired) electrons. The van der Waals surface area contributed by atoms with Gasteiger partial charge in [-0.1, -0.05) is 24.0 Å². The molecule has 0 unspecified atom stereocenters.